The third-order valence-electron chi connectivity index (χ3n) is 5.22. The summed E-state index contributed by atoms with van der Waals surface area (Å²) in [7, 11) is 0. The molecule has 1 amide bonds. The van der Waals surface area contributed by atoms with Gasteiger partial charge in [0.25, 0.3) is 0 Å². The first-order valence-electron chi connectivity index (χ1n) is 9.01. The third-order valence-corrected chi connectivity index (χ3v) is 5.91. The second-order valence-electron chi connectivity index (χ2n) is 6.92. The lowest BCUT2D eigenvalue weighted by Crippen LogP contribution is -2.16. The summed E-state index contributed by atoms with van der Waals surface area (Å²) >= 11 is 1.35. The molecule has 0 bridgehead atoms. The van der Waals surface area contributed by atoms with Gasteiger partial charge >= 0.3 is 5.63 Å². The molecule has 0 saturated carbocycles. The van der Waals surface area contributed by atoms with E-state index in [1.165, 1.54) is 11.3 Å². The second-order valence-corrected chi connectivity index (χ2v) is 7.81. The summed E-state index contributed by atoms with van der Waals surface area (Å²) in [5, 5.41) is 6.98. The smallest absolute Gasteiger partial charge is 0.339 e. The van der Waals surface area contributed by atoms with Gasteiger partial charge in [-0.2, -0.15) is 0 Å². The number of carbonyl (C=O) groups is 1. The van der Waals surface area contributed by atoms with Crippen LogP contribution in [-0.2, 0) is 11.2 Å². The van der Waals surface area contributed by atoms with Gasteiger partial charge in [-0.15, -0.1) is 11.3 Å². The number of rotatable bonds is 4. The summed E-state index contributed by atoms with van der Waals surface area (Å²) in [6, 6.07) is 2.01. The average molecular weight is 396 g/mol. The Morgan fingerprint density at radius 3 is 2.50 bits per heavy atom. The molecular formula is C21H20N2O4S. The Balaban J connectivity index is 1.73. The van der Waals surface area contributed by atoms with Crippen LogP contribution in [0.5, 0.6) is 0 Å². The third kappa shape index (κ3) is 3.01. The fourth-order valence-corrected chi connectivity index (χ4v) is 4.03. The van der Waals surface area contributed by atoms with Crippen LogP contribution in [0.25, 0.3) is 21.9 Å². The summed E-state index contributed by atoms with van der Waals surface area (Å²) in [6.07, 6.45) is 2.12. The van der Waals surface area contributed by atoms with E-state index in [2.05, 4.69) is 10.3 Å². The van der Waals surface area contributed by atoms with Crippen LogP contribution >= 0.6 is 11.3 Å². The number of hydrogen-bond donors (Lipinski definition) is 1. The number of furan rings is 1. The van der Waals surface area contributed by atoms with E-state index in [0.717, 1.165) is 38.8 Å². The molecule has 0 unspecified atom stereocenters. The van der Waals surface area contributed by atoms with Crippen molar-refractivity contribution >= 4 is 44.3 Å². The van der Waals surface area contributed by atoms with Crippen molar-refractivity contribution < 1.29 is 13.6 Å². The van der Waals surface area contributed by atoms with Crippen molar-refractivity contribution in [2.24, 2.45) is 0 Å². The van der Waals surface area contributed by atoms with Gasteiger partial charge in [0.15, 0.2) is 5.13 Å². The lowest BCUT2D eigenvalue weighted by atomic mass is 9.98. The number of nitrogens with zero attached hydrogens (tertiary/aromatic N) is 1. The molecule has 4 aromatic rings. The summed E-state index contributed by atoms with van der Waals surface area (Å²) in [4.78, 5) is 28.8. The quantitative estimate of drug-likeness (QED) is 0.501. The zero-order valence-corrected chi connectivity index (χ0v) is 17.0. The molecule has 1 aromatic carbocycles. The SMILES string of the molecule is Cc1oc2c(C)c3oc(=O)c(CCC(=O)Nc4nccs4)c(C)c3cc2c1C. The van der Waals surface area contributed by atoms with Gasteiger partial charge < -0.3 is 14.2 Å². The van der Waals surface area contributed by atoms with Gasteiger partial charge in [0, 0.05) is 39.9 Å². The highest BCUT2D eigenvalue weighted by Crippen LogP contribution is 2.34. The Morgan fingerprint density at radius 2 is 1.79 bits per heavy atom. The maximum absolute atomic E-state index is 12.6. The van der Waals surface area contributed by atoms with E-state index in [1.54, 1.807) is 11.6 Å². The van der Waals surface area contributed by atoms with E-state index in [9.17, 15) is 9.59 Å². The number of nitrogens with one attached hydrogen (secondary N) is 1. The van der Waals surface area contributed by atoms with Gasteiger partial charge in [0.1, 0.15) is 16.9 Å². The van der Waals surface area contributed by atoms with Crippen LogP contribution < -0.4 is 10.9 Å². The van der Waals surface area contributed by atoms with E-state index >= 15 is 0 Å². The summed E-state index contributed by atoms with van der Waals surface area (Å²) in [5.74, 6) is 0.675. The number of fused-ring (bicyclic) bond motifs is 2. The molecule has 144 valence electrons. The van der Waals surface area contributed by atoms with Gasteiger partial charge in [0.05, 0.1) is 0 Å². The van der Waals surface area contributed by atoms with Crippen molar-refractivity contribution in [3.63, 3.8) is 0 Å². The van der Waals surface area contributed by atoms with Crippen molar-refractivity contribution in [3.05, 3.63) is 56.1 Å². The molecular weight excluding hydrogens is 376 g/mol. The standard InChI is InChI=1S/C21H20N2O4S/c1-10-13(4)26-18-12(3)19-16(9-15(10)18)11(2)14(20(25)27-19)5-6-17(24)23-21-22-7-8-28-21/h7-9H,5-6H2,1-4H3,(H,22,23,24). The molecule has 3 heterocycles. The highest BCUT2D eigenvalue weighted by atomic mass is 32.1. The number of amides is 1. The van der Waals surface area contributed by atoms with Gasteiger partial charge in [-0.3, -0.25) is 4.79 Å². The molecule has 0 radical (unpaired) electrons. The van der Waals surface area contributed by atoms with Gasteiger partial charge in [-0.25, -0.2) is 9.78 Å². The Labute approximate surface area is 165 Å². The Morgan fingerprint density at radius 1 is 1.07 bits per heavy atom. The predicted octanol–water partition coefficient (Wildman–Crippen LogP) is 4.80. The zero-order valence-electron chi connectivity index (χ0n) is 16.1. The first-order valence-corrected chi connectivity index (χ1v) is 9.89. The molecule has 28 heavy (non-hydrogen) atoms. The predicted molar refractivity (Wildman–Crippen MR) is 110 cm³/mol. The molecule has 0 aliphatic heterocycles. The fourth-order valence-electron chi connectivity index (χ4n) is 3.49. The number of aromatic nitrogens is 1. The van der Waals surface area contributed by atoms with Crippen LogP contribution in [0, 0.1) is 27.7 Å². The van der Waals surface area contributed by atoms with Crippen LogP contribution in [0.15, 0.2) is 31.3 Å². The molecule has 7 heteroatoms. The topological polar surface area (TPSA) is 85.3 Å². The molecule has 1 N–H and O–H groups in total. The van der Waals surface area contributed by atoms with E-state index in [0.29, 0.717) is 22.7 Å². The van der Waals surface area contributed by atoms with Gasteiger partial charge in [-0.05, 0) is 51.3 Å². The monoisotopic (exact) mass is 396 g/mol. The number of anilines is 1. The minimum Gasteiger partial charge on any atom is -0.461 e. The summed E-state index contributed by atoms with van der Waals surface area (Å²) < 4.78 is 11.5. The molecule has 0 atom stereocenters. The van der Waals surface area contributed by atoms with Crippen LogP contribution in [-0.4, -0.2) is 10.9 Å². The Kier molecular flexibility index (Phi) is 4.55. The maximum Gasteiger partial charge on any atom is 0.339 e. The molecule has 0 aliphatic rings. The molecule has 0 spiro atoms. The lowest BCUT2D eigenvalue weighted by molar-refractivity contribution is -0.116. The first kappa shape index (κ1) is 18.4. The van der Waals surface area contributed by atoms with Crippen LogP contribution in [0.1, 0.15) is 34.4 Å². The van der Waals surface area contributed by atoms with Gasteiger partial charge in [0.2, 0.25) is 5.91 Å². The Hall–Kier alpha value is -2.93. The fraction of sp³-hybridized carbons (Fsp3) is 0.286. The van der Waals surface area contributed by atoms with E-state index in [1.807, 2.05) is 33.8 Å². The number of hydrogen-bond acceptors (Lipinski definition) is 6. The number of thiazole rings is 1. The molecule has 3 aromatic heterocycles. The molecule has 4 rings (SSSR count). The maximum atomic E-state index is 12.6. The van der Waals surface area contributed by atoms with Crippen LogP contribution in [0.2, 0.25) is 0 Å². The molecule has 6 nitrogen and oxygen atoms in total. The minimum absolute atomic E-state index is 0.179. The van der Waals surface area contributed by atoms with Crippen molar-refractivity contribution in [1.82, 2.24) is 4.98 Å². The molecule has 0 aliphatic carbocycles. The van der Waals surface area contributed by atoms with E-state index < -0.39 is 5.63 Å². The highest BCUT2D eigenvalue weighted by molar-refractivity contribution is 7.13. The van der Waals surface area contributed by atoms with Crippen molar-refractivity contribution in [2.45, 2.75) is 40.5 Å². The second kappa shape index (κ2) is 6.91. The van der Waals surface area contributed by atoms with Gasteiger partial charge in [-0.1, -0.05) is 0 Å². The van der Waals surface area contributed by atoms with Crippen molar-refractivity contribution in [1.29, 1.82) is 0 Å². The number of carbonyl (C=O) groups excluding carboxylic acids is 1. The Bertz CT molecular complexity index is 1270. The highest BCUT2D eigenvalue weighted by Gasteiger charge is 2.19. The lowest BCUT2D eigenvalue weighted by Gasteiger charge is -2.10. The molecule has 0 saturated heterocycles. The van der Waals surface area contributed by atoms with E-state index in [4.69, 9.17) is 8.83 Å². The largest absolute Gasteiger partial charge is 0.461 e. The normalized spacial score (nSPS) is 11.4. The van der Waals surface area contributed by atoms with Crippen LogP contribution in [0.4, 0.5) is 5.13 Å². The summed E-state index contributed by atoms with van der Waals surface area (Å²) in [6.45, 7) is 7.75. The number of aryl methyl sites for hydroxylation is 4. The number of benzene rings is 1. The van der Waals surface area contributed by atoms with Crippen molar-refractivity contribution in [2.75, 3.05) is 5.32 Å². The zero-order chi connectivity index (χ0) is 20.0. The summed E-state index contributed by atoms with van der Waals surface area (Å²) in [5.41, 5.74) is 4.15. The molecule has 0 fully saturated rings. The minimum atomic E-state index is -0.408. The first-order chi connectivity index (χ1) is 13.4. The average Bonchev–Trinajstić information content (AvgIpc) is 3.25. The van der Waals surface area contributed by atoms with Crippen LogP contribution in [0.3, 0.4) is 0 Å². The van der Waals surface area contributed by atoms with Crippen molar-refractivity contribution in [3.8, 4) is 0 Å². The van der Waals surface area contributed by atoms with E-state index in [-0.39, 0.29) is 12.3 Å².